The molecule has 2 heteroatoms. The average Bonchev–Trinajstić information content (AvgIpc) is 1.98. The SMILES string of the molecule is [B]C(=O)C(CC(C)(C)CC)C(C)(C)C. The normalized spacial score (nSPS) is 15.3. The van der Waals surface area contributed by atoms with Crippen molar-refractivity contribution in [1.82, 2.24) is 0 Å². The maximum absolute atomic E-state index is 11.4. The summed E-state index contributed by atoms with van der Waals surface area (Å²) in [5.74, 6) is -0.0301. The van der Waals surface area contributed by atoms with Crippen LogP contribution in [0.4, 0.5) is 0 Å². The maximum Gasteiger partial charge on any atom is 0.168 e. The summed E-state index contributed by atoms with van der Waals surface area (Å²) in [6.45, 7) is 12.8. The largest absolute Gasteiger partial charge is 0.312 e. The van der Waals surface area contributed by atoms with Gasteiger partial charge in [-0.2, -0.15) is 0 Å². The van der Waals surface area contributed by atoms with Gasteiger partial charge in [0, 0.05) is 5.92 Å². The summed E-state index contributed by atoms with van der Waals surface area (Å²) in [7, 11) is 5.45. The molecule has 0 N–H and O–H groups in total. The molecule has 0 aliphatic heterocycles. The van der Waals surface area contributed by atoms with E-state index in [9.17, 15) is 4.79 Å². The molecule has 0 saturated carbocycles. The van der Waals surface area contributed by atoms with Crippen LogP contribution in [0, 0.1) is 16.7 Å². The Balaban J connectivity index is 4.64. The van der Waals surface area contributed by atoms with Gasteiger partial charge < -0.3 is 4.79 Å². The van der Waals surface area contributed by atoms with Gasteiger partial charge in [-0.15, -0.1) is 0 Å². The molecule has 0 saturated heterocycles. The summed E-state index contributed by atoms with van der Waals surface area (Å²) in [6, 6.07) is 0. The Bertz CT molecular complexity index is 201. The van der Waals surface area contributed by atoms with E-state index in [2.05, 4.69) is 41.5 Å². The molecule has 0 heterocycles. The minimum Gasteiger partial charge on any atom is -0.312 e. The number of hydrogen-bond donors (Lipinski definition) is 0. The lowest BCUT2D eigenvalue weighted by Crippen LogP contribution is -2.33. The smallest absolute Gasteiger partial charge is 0.168 e. The molecule has 0 aliphatic carbocycles. The second-order valence-corrected chi connectivity index (χ2v) is 6.04. The van der Waals surface area contributed by atoms with Crippen LogP contribution >= 0.6 is 0 Å². The van der Waals surface area contributed by atoms with E-state index in [4.69, 9.17) is 7.85 Å². The van der Waals surface area contributed by atoms with Crippen LogP contribution in [0.3, 0.4) is 0 Å². The summed E-state index contributed by atoms with van der Waals surface area (Å²) >= 11 is 0. The molecule has 0 aromatic carbocycles. The Kier molecular flexibility index (Phi) is 4.42. The molecule has 0 aliphatic rings. The van der Waals surface area contributed by atoms with Crippen molar-refractivity contribution in [3.8, 4) is 0 Å². The standard InChI is InChI=1S/C12H23BO/c1-7-12(5,6)8-9(10(13)14)11(2,3)4/h9H,7-8H2,1-6H3. The van der Waals surface area contributed by atoms with E-state index in [1.54, 1.807) is 0 Å². The fourth-order valence-corrected chi connectivity index (χ4v) is 1.53. The highest BCUT2D eigenvalue weighted by molar-refractivity contribution is 6.58. The Hall–Kier alpha value is -0.265. The Labute approximate surface area is 90.1 Å². The third-order valence-electron chi connectivity index (χ3n) is 3.10. The summed E-state index contributed by atoms with van der Waals surface area (Å²) in [5.41, 5.74) is 0.00431. The summed E-state index contributed by atoms with van der Waals surface area (Å²) in [4.78, 5) is 11.4. The van der Waals surface area contributed by atoms with E-state index in [1.165, 1.54) is 0 Å². The first-order valence-corrected chi connectivity index (χ1v) is 5.39. The minimum absolute atomic E-state index is 0.0295. The van der Waals surface area contributed by atoms with Crippen molar-refractivity contribution >= 4 is 13.5 Å². The van der Waals surface area contributed by atoms with Crippen LogP contribution in [-0.2, 0) is 4.79 Å². The van der Waals surface area contributed by atoms with Gasteiger partial charge in [0.2, 0.25) is 0 Å². The molecule has 0 amide bonds. The Morgan fingerprint density at radius 1 is 1.21 bits per heavy atom. The van der Waals surface area contributed by atoms with Crippen LogP contribution in [0.15, 0.2) is 0 Å². The second-order valence-electron chi connectivity index (χ2n) is 6.04. The molecule has 0 rings (SSSR count). The van der Waals surface area contributed by atoms with E-state index in [-0.39, 0.29) is 22.4 Å². The van der Waals surface area contributed by atoms with Gasteiger partial charge in [-0.3, -0.25) is 0 Å². The summed E-state index contributed by atoms with van der Waals surface area (Å²) in [5, 5.41) is 0. The number of hydrogen-bond acceptors (Lipinski definition) is 1. The van der Waals surface area contributed by atoms with Crippen molar-refractivity contribution in [2.45, 2.75) is 54.4 Å². The van der Waals surface area contributed by atoms with Crippen LogP contribution in [0.1, 0.15) is 54.4 Å². The first-order chi connectivity index (χ1) is 6.10. The zero-order chi connectivity index (χ0) is 11.6. The highest BCUT2D eigenvalue weighted by Crippen LogP contribution is 2.37. The third kappa shape index (κ3) is 4.30. The Morgan fingerprint density at radius 2 is 1.64 bits per heavy atom. The predicted molar refractivity (Wildman–Crippen MR) is 62.4 cm³/mol. The fourth-order valence-electron chi connectivity index (χ4n) is 1.53. The molecule has 1 unspecified atom stereocenters. The molecule has 14 heavy (non-hydrogen) atoms. The molecule has 1 nitrogen and oxygen atoms in total. The number of carbonyl (C=O) groups is 1. The molecule has 0 aromatic rings. The van der Waals surface area contributed by atoms with E-state index >= 15 is 0 Å². The van der Waals surface area contributed by atoms with Gasteiger partial charge in [-0.25, -0.2) is 0 Å². The molecule has 0 aromatic heterocycles. The van der Waals surface area contributed by atoms with Crippen LogP contribution < -0.4 is 0 Å². The average molecular weight is 194 g/mol. The lowest BCUT2D eigenvalue weighted by Gasteiger charge is -2.35. The van der Waals surface area contributed by atoms with Gasteiger partial charge in [-0.05, 0) is 17.3 Å². The molecular formula is C12H23BO. The topological polar surface area (TPSA) is 17.1 Å². The van der Waals surface area contributed by atoms with Crippen molar-refractivity contribution in [1.29, 1.82) is 0 Å². The van der Waals surface area contributed by atoms with Crippen molar-refractivity contribution in [3.63, 3.8) is 0 Å². The molecule has 0 spiro atoms. The highest BCUT2D eigenvalue weighted by atomic mass is 16.1. The molecule has 0 fully saturated rings. The zero-order valence-electron chi connectivity index (χ0n) is 10.5. The van der Waals surface area contributed by atoms with Crippen molar-refractivity contribution < 1.29 is 4.79 Å². The van der Waals surface area contributed by atoms with E-state index in [0.717, 1.165) is 12.8 Å². The van der Waals surface area contributed by atoms with Crippen molar-refractivity contribution in [2.75, 3.05) is 0 Å². The minimum atomic E-state index is -0.168. The van der Waals surface area contributed by atoms with Crippen LogP contribution in [0.25, 0.3) is 0 Å². The molecule has 80 valence electrons. The highest BCUT2D eigenvalue weighted by Gasteiger charge is 2.32. The van der Waals surface area contributed by atoms with Crippen molar-refractivity contribution in [2.24, 2.45) is 16.7 Å². The predicted octanol–water partition coefficient (Wildman–Crippen LogP) is 3.17. The lowest BCUT2D eigenvalue weighted by molar-refractivity contribution is -0.119. The molecular weight excluding hydrogens is 171 g/mol. The Morgan fingerprint density at radius 3 is 1.86 bits per heavy atom. The first-order valence-electron chi connectivity index (χ1n) is 5.39. The maximum atomic E-state index is 11.4. The summed E-state index contributed by atoms with van der Waals surface area (Å²) < 4.78 is 0. The molecule has 2 radical (unpaired) electrons. The van der Waals surface area contributed by atoms with Gasteiger partial charge in [0.15, 0.2) is 7.85 Å². The second kappa shape index (κ2) is 4.50. The van der Waals surface area contributed by atoms with E-state index in [1.807, 2.05) is 0 Å². The van der Waals surface area contributed by atoms with Crippen LogP contribution in [0.2, 0.25) is 0 Å². The summed E-state index contributed by atoms with van der Waals surface area (Å²) in [6.07, 6.45) is 1.95. The van der Waals surface area contributed by atoms with Crippen LogP contribution in [-0.4, -0.2) is 13.5 Å². The van der Waals surface area contributed by atoms with Gasteiger partial charge in [0.25, 0.3) is 0 Å². The lowest BCUT2D eigenvalue weighted by atomic mass is 9.65. The van der Waals surface area contributed by atoms with Gasteiger partial charge >= 0.3 is 0 Å². The monoisotopic (exact) mass is 194 g/mol. The van der Waals surface area contributed by atoms with Crippen molar-refractivity contribution in [3.05, 3.63) is 0 Å². The first kappa shape index (κ1) is 13.7. The van der Waals surface area contributed by atoms with E-state index < -0.39 is 0 Å². The zero-order valence-corrected chi connectivity index (χ0v) is 10.5. The van der Waals surface area contributed by atoms with E-state index in [0.29, 0.717) is 0 Å². The quantitative estimate of drug-likeness (QED) is 0.628. The van der Waals surface area contributed by atoms with Crippen LogP contribution in [0.5, 0.6) is 0 Å². The van der Waals surface area contributed by atoms with Gasteiger partial charge in [0.1, 0.15) is 0 Å². The molecule has 0 bridgehead atoms. The third-order valence-corrected chi connectivity index (χ3v) is 3.10. The fraction of sp³-hybridized carbons (Fsp3) is 0.917. The number of rotatable bonds is 4. The van der Waals surface area contributed by atoms with Gasteiger partial charge in [0.05, 0.1) is 5.68 Å². The van der Waals surface area contributed by atoms with Gasteiger partial charge in [-0.1, -0.05) is 48.0 Å². The number of carbonyl (C=O) groups excluding carboxylic acids is 1. The molecule has 1 atom stereocenters.